The van der Waals surface area contributed by atoms with Gasteiger partial charge in [0.1, 0.15) is 0 Å². The van der Waals surface area contributed by atoms with E-state index < -0.39 is 0 Å². The van der Waals surface area contributed by atoms with Crippen LogP contribution < -0.4 is 5.32 Å². The SMILES string of the molecule is CCC(C)(CCO)NC(=O)c1ccc(CN(C)C)cc1. The number of carbonyl (C=O) groups excluding carboxylic acids is 1. The lowest BCUT2D eigenvalue weighted by Crippen LogP contribution is -2.46. The third kappa shape index (κ3) is 4.94. The van der Waals surface area contributed by atoms with Gasteiger partial charge < -0.3 is 15.3 Å². The molecule has 1 amide bonds. The van der Waals surface area contributed by atoms with Crippen molar-refractivity contribution in [3.8, 4) is 0 Å². The first-order chi connectivity index (χ1) is 9.40. The van der Waals surface area contributed by atoms with Crippen LogP contribution in [-0.4, -0.2) is 42.2 Å². The standard InChI is InChI=1S/C16H26N2O2/c1-5-16(2,10-11-19)17-15(20)14-8-6-13(7-9-14)12-18(3)4/h6-9,19H,5,10-12H2,1-4H3,(H,17,20). The summed E-state index contributed by atoms with van der Waals surface area (Å²) >= 11 is 0. The van der Waals surface area contributed by atoms with Gasteiger partial charge in [0, 0.05) is 24.3 Å². The van der Waals surface area contributed by atoms with E-state index in [2.05, 4.69) is 10.2 Å². The van der Waals surface area contributed by atoms with Crippen molar-refractivity contribution < 1.29 is 9.90 Å². The number of carbonyl (C=O) groups is 1. The van der Waals surface area contributed by atoms with Gasteiger partial charge in [0.2, 0.25) is 0 Å². The summed E-state index contributed by atoms with van der Waals surface area (Å²) in [6, 6.07) is 7.65. The molecule has 1 atom stereocenters. The maximum Gasteiger partial charge on any atom is 0.251 e. The summed E-state index contributed by atoms with van der Waals surface area (Å²) < 4.78 is 0. The predicted molar refractivity (Wildman–Crippen MR) is 81.7 cm³/mol. The molecule has 1 unspecified atom stereocenters. The number of rotatable bonds is 7. The van der Waals surface area contributed by atoms with Crippen molar-refractivity contribution in [3.05, 3.63) is 35.4 Å². The van der Waals surface area contributed by atoms with Crippen LogP contribution in [0.2, 0.25) is 0 Å². The average Bonchev–Trinajstić information content (AvgIpc) is 2.39. The Kier molecular flexibility index (Phi) is 6.17. The molecule has 0 bridgehead atoms. The van der Waals surface area contributed by atoms with Gasteiger partial charge in [-0.1, -0.05) is 19.1 Å². The number of aliphatic hydroxyl groups excluding tert-OH is 1. The van der Waals surface area contributed by atoms with E-state index in [4.69, 9.17) is 5.11 Å². The molecule has 0 heterocycles. The van der Waals surface area contributed by atoms with Crippen LogP contribution in [0.4, 0.5) is 0 Å². The Balaban J connectivity index is 2.72. The second kappa shape index (κ2) is 7.41. The molecule has 1 aromatic rings. The van der Waals surface area contributed by atoms with Gasteiger partial charge in [0.05, 0.1) is 0 Å². The molecule has 4 heteroatoms. The van der Waals surface area contributed by atoms with Crippen LogP contribution in [-0.2, 0) is 6.54 Å². The molecular weight excluding hydrogens is 252 g/mol. The van der Waals surface area contributed by atoms with Crippen LogP contribution >= 0.6 is 0 Å². The lowest BCUT2D eigenvalue weighted by molar-refractivity contribution is 0.0886. The zero-order valence-electron chi connectivity index (χ0n) is 12.9. The minimum atomic E-state index is -0.353. The van der Waals surface area contributed by atoms with Crippen molar-refractivity contribution in [2.75, 3.05) is 20.7 Å². The number of amides is 1. The quantitative estimate of drug-likeness (QED) is 0.802. The minimum Gasteiger partial charge on any atom is -0.396 e. The molecule has 0 aromatic heterocycles. The van der Waals surface area contributed by atoms with E-state index in [1.807, 2.05) is 52.2 Å². The molecule has 0 aliphatic rings. The second-order valence-electron chi connectivity index (χ2n) is 5.78. The highest BCUT2D eigenvalue weighted by Crippen LogP contribution is 2.15. The normalized spacial score (nSPS) is 14.1. The smallest absolute Gasteiger partial charge is 0.251 e. The van der Waals surface area contributed by atoms with Crippen LogP contribution in [0, 0.1) is 0 Å². The number of benzene rings is 1. The van der Waals surface area contributed by atoms with Crippen LogP contribution in [0.1, 0.15) is 42.6 Å². The number of nitrogens with one attached hydrogen (secondary N) is 1. The number of hydrogen-bond donors (Lipinski definition) is 2. The molecule has 2 N–H and O–H groups in total. The van der Waals surface area contributed by atoms with Gasteiger partial charge in [0.15, 0.2) is 0 Å². The summed E-state index contributed by atoms with van der Waals surface area (Å²) in [7, 11) is 4.03. The van der Waals surface area contributed by atoms with E-state index >= 15 is 0 Å². The molecule has 1 rings (SSSR count). The second-order valence-corrected chi connectivity index (χ2v) is 5.78. The van der Waals surface area contributed by atoms with Gasteiger partial charge >= 0.3 is 0 Å². The highest BCUT2D eigenvalue weighted by atomic mass is 16.3. The number of nitrogens with zero attached hydrogens (tertiary/aromatic N) is 1. The Bertz CT molecular complexity index is 429. The Morgan fingerprint density at radius 1 is 1.30 bits per heavy atom. The van der Waals surface area contributed by atoms with E-state index in [0.29, 0.717) is 12.0 Å². The molecule has 4 nitrogen and oxygen atoms in total. The maximum atomic E-state index is 12.2. The monoisotopic (exact) mass is 278 g/mol. The summed E-state index contributed by atoms with van der Waals surface area (Å²) in [5.74, 6) is -0.0841. The van der Waals surface area contributed by atoms with Gasteiger partial charge in [-0.25, -0.2) is 0 Å². The Morgan fingerprint density at radius 2 is 1.90 bits per heavy atom. The first kappa shape index (κ1) is 16.7. The van der Waals surface area contributed by atoms with Crippen LogP contribution in [0.15, 0.2) is 24.3 Å². The van der Waals surface area contributed by atoms with Crippen molar-refractivity contribution in [1.82, 2.24) is 10.2 Å². The fourth-order valence-corrected chi connectivity index (χ4v) is 2.05. The van der Waals surface area contributed by atoms with E-state index in [1.54, 1.807) is 0 Å². The zero-order valence-corrected chi connectivity index (χ0v) is 12.9. The maximum absolute atomic E-state index is 12.2. The Labute approximate surface area is 121 Å². The third-order valence-electron chi connectivity index (χ3n) is 3.57. The van der Waals surface area contributed by atoms with E-state index in [1.165, 1.54) is 5.56 Å². The lowest BCUT2D eigenvalue weighted by atomic mass is 9.94. The number of aliphatic hydroxyl groups is 1. The van der Waals surface area contributed by atoms with Crippen molar-refractivity contribution >= 4 is 5.91 Å². The van der Waals surface area contributed by atoms with E-state index in [9.17, 15) is 4.79 Å². The van der Waals surface area contributed by atoms with E-state index in [-0.39, 0.29) is 18.1 Å². The lowest BCUT2D eigenvalue weighted by Gasteiger charge is -2.29. The topological polar surface area (TPSA) is 52.6 Å². The Hall–Kier alpha value is -1.39. The molecule has 0 fully saturated rings. The summed E-state index contributed by atoms with van der Waals surface area (Å²) in [5.41, 5.74) is 1.49. The fraction of sp³-hybridized carbons (Fsp3) is 0.562. The molecular formula is C16H26N2O2. The molecule has 0 saturated heterocycles. The van der Waals surface area contributed by atoms with Crippen molar-refractivity contribution in [3.63, 3.8) is 0 Å². The molecule has 112 valence electrons. The molecule has 1 aromatic carbocycles. The van der Waals surface area contributed by atoms with Crippen LogP contribution in [0.3, 0.4) is 0 Å². The largest absolute Gasteiger partial charge is 0.396 e. The third-order valence-corrected chi connectivity index (χ3v) is 3.57. The van der Waals surface area contributed by atoms with Crippen molar-refractivity contribution in [2.24, 2.45) is 0 Å². The Morgan fingerprint density at radius 3 is 2.35 bits per heavy atom. The summed E-state index contributed by atoms with van der Waals surface area (Å²) in [4.78, 5) is 14.3. The van der Waals surface area contributed by atoms with Gasteiger partial charge in [0.25, 0.3) is 5.91 Å². The summed E-state index contributed by atoms with van der Waals surface area (Å²) in [6.07, 6.45) is 1.35. The fourth-order valence-electron chi connectivity index (χ4n) is 2.05. The van der Waals surface area contributed by atoms with Crippen LogP contribution in [0.5, 0.6) is 0 Å². The highest BCUT2D eigenvalue weighted by Gasteiger charge is 2.24. The molecule has 0 spiro atoms. The minimum absolute atomic E-state index is 0.0758. The molecule has 0 radical (unpaired) electrons. The average molecular weight is 278 g/mol. The van der Waals surface area contributed by atoms with Crippen LogP contribution in [0.25, 0.3) is 0 Å². The van der Waals surface area contributed by atoms with Crippen molar-refractivity contribution in [2.45, 2.75) is 38.8 Å². The molecule has 0 aliphatic heterocycles. The highest BCUT2D eigenvalue weighted by molar-refractivity contribution is 5.94. The predicted octanol–water partition coefficient (Wildman–Crippen LogP) is 2.03. The number of hydrogen-bond acceptors (Lipinski definition) is 3. The van der Waals surface area contributed by atoms with Gasteiger partial charge in [-0.3, -0.25) is 4.79 Å². The molecule has 0 saturated carbocycles. The van der Waals surface area contributed by atoms with E-state index in [0.717, 1.165) is 13.0 Å². The first-order valence-corrected chi connectivity index (χ1v) is 7.07. The summed E-state index contributed by atoms with van der Waals surface area (Å²) in [6.45, 7) is 4.91. The molecule has 0 aliphatic carbocycles. The van der Waals surface area contributed by atoms with Gasteiger partial charge in [-0.15, -0.1) is 0 Å². The van der Waals surface area contributed by atoms with Gasteiger partial charge in [-0.05, 0) is 51.6 Å². The first-order valence-electron chi connectivity index (χ1n) is 7.07. The van der Waals surface area contributed by atoms with Crippen molar-refractivity contribution in [1.29, 1.82) is 0 Å². The van der Waals surface area contributed by atoms with Gasteiger partial charge in [-0.2, -0.15) is 0 Å². The zero-order chi connectivity index (χ0) is 15.2. The molecule has 20 heavy (non-hydrogen) atoms. The summed E-state index contributed by atoms with van der Waals surface area (Å²) in [5, 5.41) is 12.1.